The zero-order chi connectivity index (χ0) is 19.2. The summed E-state index contributed by atoms with van der Waals surface area (Å²) in [6.45, 7) is 3.30. The van der Waals surface area contributed by atoms with Crippen molar-refractivity contribution < 1.29 is 13.6 Å². The van der Waals surface area contributed by atoms with Crippen LogP contribution in [0, 0.1) is 23.0 Å². The minimum Gasteiger partial charge on any atom is -0.337 e. The summed E-state index contributed by atoms with van der Waals surface area (Å²) in [5.41, 5.74) is 1.54. The van der Waals surface area contributed by atoms with Gasteiger partial charge in [-0.2, -0.15) is 5.26 Å². The summed E-state index contributed by atoms with van der Waals surface area (Å²) in [6, 6.07) is 13.2. The molecule has 0 saturated carbocycles. The van der Waals surface area contributed by atoms with Gasteiger partial charge >= 0.3 is 0 Å². The topological polar surface area (TPSA) is 47.3 Å². The van der Waals surface area contributed by atoms with E-state index in [9.17, 15) is 13.6 Å². The fourth-order valence-electron chi connectivity index (χ4n) is 3.00. The van der Waals surface area contributed by atoms with Crippen molar-refractivity contribution in [1.82, 2.24) is 9.80 Å². The van der Waals surface area contributed by atoms with Gasteiger partial charge in [-0.1, -0.05) is 18.2 Å². The van der Waals surface area contributed by atoms with Crippen molar-refractivity contribution in [3.05, 3.63) is 76.9 Å². The second kappa shape index (κ2) is 8.56. The van der Waals surface area contributed by atoms with Gasteiger partial charge in [0.2, 0.25) is 5.91 Å². The van der Waals surface area contributed by atoms with E-state index in [1.165, 1.54) is 18.2 Å². The highest BCUT2D eigenvalue weighted by Crippen LogP contribution is 2.15. The molecule has 0 bridgehead atoms. The number of halogens is 2. The Balaban J connectivity index is 1.53. The molecular formula is C21H19F2N3O. The average Bonchev–Trinajstić information content (AvgIpc) is 2.68. The predicted octanol–water partition coefficient (Wildman–Crippen LogP) is 3.19. The van der Waals surface area contributed by atoms with Gasteiger partial charge < -0.3 is 4.90 Å². The fourth-order valence-corrected chi connectivity index (χ4v) is 3.00. The number of hydrogen-bond acceptors (Lipinski definition) is 3. The van der Waals surface area contributed by atoms with Gasteiger partial charge in [0.1, 0.15) is 11.6 Å². The molecular weight excluding hydrogens is 348 g/mol. The Kier molecular flexibility index (Phi) is 5.94. The molecule has 1 aliphatic heterocycles. The summed E-state index contributed by atoms with van der Waals surface area (Å²) in [5.74, 6) is -1.63. The van der Waals surface area contributed by atoms with Crippen LogP contribution in [0.5, 0.6) is 0 Å². The number of hydrogen-bond donors (Lipinski definition) is 0. The number of benzene rings is 2. The van der Waals surface area contributed by atoms with E-state index in [1.807, 2.05) is 12.1 Å². The smallest absolute Gasteiger partial charge is 0.246 e. The van der Waals surface area contributed by atoms with E-state index in [4.69, 9.17) is 5.26 Å². The molecule has 3 rings (SSSR count). The molecule has 4 nitrogen and oxygen atoms in total. The molecule has 1 fully saturated rings. The highest BCUT2D eigenvalue weighted by Gasteiger charge is 2.19. The monoisotopic (exact) mass is 367 g/mol. The maximum Gasteiger partial charge on any atom is 0.246 e. The van der Waals surface area contributed by atoms with Crippen LogP contribution in [0.3, 0.4) is 0 Å². The molecule has 2 aromatic carbocycles. The first-order valence-electron chi connectivity index (χ1n) is 8.69. The highest BCUT2D eigenvalue weighted by molar-refractivity contribution is 5.91. The van der Waals surface area contributed by atoms with Gasteiger partial charge in [0.25, 0.3) is 0 Å². The summed E-state index contributed by atoms with van der Waals surface area (Å²) in [6.07, 6.45) is 2.41. The second-order valence-electron chi connectivity index (χ2n) is 6.38. The third-order valence-corrected chi connectivity index (χ3v) is 4.57. The van der Waals surface area contributed by atoms with E-state index >= 15 is 0 Å². The Hall–Kier alpha value is -3.04. The molecule has 0 aromatic heterocycles. The minimum absolute atomic E-state index is 0.203. The quantitative estimate of drug-likeness (QED) is 0.780. The van der Waals surface area contributed by atoms with Crippen LogP contribution in [0.4, 0.5) is 8.78 Å². The largest absolute Gasteiger partial charge is 0.337 e. The van der Waals surface area contributed by atoms with E-state index in [0.717, 1.165) is 24.2 Å². The lowest BCUT2D eigenvalue weighted by Gasteiger charge is -2.34. The lowest BCUT2D eigenvalue weighted by molar-refractivity contribution is -0.127. The van der Waals surface area contributed by atoms with Gasteiger partial charge in [0, 0.05) is 44.4 Å². The minimum atomic E-state index is -0.689. The van der Waals surface area contributed by atoms with Crippen molar-refractivity contribution in [1.29, 1.82) is 5.26 Å². The molecule has 1 amide bonds. The van der Waals surface area contributed by atoms with E-state index in [0.29, 0.717) is 31.7 Å². The Morgan fingerprint density at radius 2 is 1.67 bits per heavy atom. The van der Waals surface area contributed by atoms with Crippen molar-refractivity contribution in [2.24, 2.45) is 0 Å². The van der Waals surface area contributed by atoms with Crippen LogP contribution in [0.1, 0.15) is 16.7 Å². The summed E-state index contributed by atoms with van der Waals surface area (Å²) < 4.78 is 27.2. The Labute approximate surface area is 156 Å². The number of carbonyl (C=O) groups is 1. The SMILES string of the molecule is N#Cc1ccc(CN2CCN(C(=O)/C=C/c3c(F)cccc3F)CC2)cc1. The molecule has 27 heavy (non-hydrogen) atoms. The summed E-state index contributed by atoms with van der Waals surface area (Å²) in [4.78, 5) is 16.2. The molecule has 138 valence electrons. The highest BCUT2D eigenvalue weighted by atomic mass is 19.1. The number of carbonyl (C=O) groups excluding carboxylic acids is 1. The molecule has 0 N–H and O–H groups in total. The number of piperazine rings is 1. The van der Waals surface area contributed by atoms with Gasteiger partial charge in [0.15, 0.2) is 0 Å². The van der Waals surface area contributed by atoms with E-state index in [1.54, 1.807) is 17.0 Å². The van der Waals surface area contributed by atoms with Gasteiger partial charge in [-0.15, -0.1) is 0 Å². The first-order chi connectivity index (χ1) is 13.1. The zero-order valence-electron chi connectivity index (χ0n) is 14.7. The van der Waals surface area contributed by atoms with Gasteiger partial charge in [-0.05, 0) is 35.9 Å². The van der Waals surface area contributed by atoms with E-state index < -0.39 is 11.6 Å². The first-order valence-corrected chi connectivity index (χ1v) is 8.69. The summed E-state index contributed by atoms with van der Waals surface area (Å²) >= 11 is 0. The lowest BCUT2D eigenvalue weighted by Crippen LogP contribution is -2.47. The average molecular weight is 367 g/mol. The summed E-state index contributed by atoms with van der Waals surface area (Å²) in [7, 11) is 0. The van der Waals surface area contributed by atoms with Gasteiger partial charge in [0.05, 0.1) is 11.6 Å². The lowest BCUT2D eigenvalue weighted by atomic mass is 10.1. The number of nitriles is 1. The standard InChI is InChI=1S/C21H19F2N3O/c22-19-2-1-3-20(23)18(19)8-9-21(27)26-12-10-25(11-13-26)15-17-6-4-16(14-24)5-7-17/h1-9H,10-13,15H2/b9-8+. The van der Waals surface area contributed by atoms with Crippen molar-refractivity contribution >= 4 is 12.0 Å². The normalized spacial score (nSPS) is 15.1. The summed E-state index contributed by atoms with van der Waals surface area (Å²) in [5, 5.41) is 8.83. The third-order valence-electron chi connectivity index (χ3n) is 4.57. The van der Waals surface area contributed by atoms with Crippen LogP contribution in [-0.2, 0) is 11.3 Å². The number of amides is 1. The molecule has 2 aromatic rings. The second-order valence-corrected chi connectivity index (χ2v) is 6.38. The van der Waals surface area contributed by atoms with Crippen LogP contribution < -0.4 is 0 Å². The van der Waals surface area contributed by atoms with Crippen LogP contribution in [0.15, 0.2) is 48.5 Å². The molecule has 1 aliphatic rings. The van der Waals surface area contributed by atoms with E-state index in [2.05, 4.69) is 11.0 Å². The molecule has 1 saturated heterocycles. The molecule has 0 atom stereocenters. The fraction of sp³-hybridized carbons (Fsp3) is 0.238. The predicted molar refractivity (Wildman–Crippen MR) is 98.4 cm³/mol. The third kappa shape index (κ3) is 4.78. The molecule has 0 unspecified atom stereocenters. The molecule has 0 spiro atoms. The Bertz CT molecular complexity index is 859. The number of rotatable bonds is 4. The zero-order valence-corrected chi connectivity index (χ0v) is 14.7. The first kappa shape index (κ1) is 18.7. The van der Waals surface area contributed by atoms with Gasteiger partial charge in [-0.3, -0.25) is 9.69 Å². The maximum atomic E-state index is 13.6. The molecule has 6 heteroatoms. The Morgan fingerprint density at radius 1 is 1.04 bits per heavy atom. The number of nitrogens with zero attached hydrogens (tertiary/aromatic N) is 3. The van der Waals surface area contributed by atoms with Gasteiger partial charge in [-0.25, -0.2) is 8.78 Å². The van der Waals surface area contributed by atoms with Crippen LogP contribution in [0.25, 0.3) is 6.08 Å². The van der Waals surface area contributed by atoms with Crippen molar-refractivity contribution in [2.45, 2.75) is 6.54 Å². The van der Waals surface area contributed by atoms with Crippen molar-refractivity contribution in [2.75, 3.05) is 26.2 Å². The molecule has 0 aliphatic carbocycles. The molecule has 0 radical (unpaired) electrons. The Morgan fingerprint density at radius 3 is 2.26 bits per heavy atom. The van der Waals surface area contributed by atoms with Crippen molar-refractivity contribution in [3.8, 4) is 6.07 Å². The maximum absolute atomic E-state index is 13.6. The van der Waals surface area contributed by atoms with Crippen LogP contribution >= 0.6 is 0 Å². The molecule has 1 heterocycles. The van der Waals surface area contributed by atoms with Crippen molar-refractivity contribution in [3.63, 3.8) is 0 Å². The van der Waals surface area contributed by atoms with E-state index in [-0.39, 0.29) is 11.5 Å². The van der Waals surface area contributed by atoms with Crippen LogP contribution in [-0.4, -0.2) is 41.9 Å². The van der Waals surface area contributed by atoms with Crippen LogP contribution in [0.2, 0.25) is 0 Å².